The normalized spacial score (nSPS) is 19.0. The Morgan fingerprint density at radius 1 is 1.33 bits per heavy atom. The highest BCUT2D eigenvalue weighted by Crippen LogP contribution is 2.32. The van der Waals surface area contributed by atoms with Crippen LogP contribution in [-0.2, 0) is 0 Å². The van der Waals surface area contributed by atoms with Crippen LogP contribution in [0.3, 0.4) is 0 Å². The first-order chi connectivity index (χ1) is 10.3. The molecule has 0 amide bonds. The molecule has 3 rings (SSSR count). The van der Waals surface area contributed by atoms with Crippen LogP contribution in [0.4, 0.5) is 5.82 Å². The van der Waals surface area contributed by atoms with Crippen LogP contribution in [0.1, 0.15) is 25.7 Å². The third-order valence-corrected chi connectivity index (χ3v) is 4.75. The number of rotatable bonds is 4. The van der Waals surface area contributed by atoms with Crippen molar-refractivity contribution in [1.82, 2.24) is 4.98 Å². The average molecular weight is 349 g/mol. The maximum atomic E-state index is 5.33. The SMILES string of the molecule is COc1ccc2c(N3CCCCC3CCBr)nccc2c1. The number of hydrogen-bond donors (Lipinski definition) is 0. The lowest BCUT2D eigenvalue weighted by atomic mass is 9.99. The van der Waals surface area contributed by atoms with Gasteiger partial charge in [0.05, 0.1) is 7.11 Å². The van der Waals surface area contributed by atoms with E-state index in [1.165, 1.54) is 36.5 Å². The molecule has 0 spiro atoms. The molecule has 0 radical (unpaired) electrons. The molecule has 0 bridgehead atoms. The number of anilines is 1. The zero-order valence-corrected chi connectivity index (χ0v) is 14.0. The van der Waals surface area contributed by atoms with Gasteiger partial charge >= 0.3 is 0 Å². The summed E-state index contributed by atoms with van der Waals surface area (Å²) >= 11 is 3.59. The molecule has 112 valence electrons. The molecule has 21 heavy (non-hydrogen) atoms. The van der Waals surface area contributed by atoms with Crippen molar-refractivity contribution in [3.63, 3.8) is 0 Å². The number of ether oxygens (including phenoxy) is 1. The Kier molecular flexibility index (Phi) is 4.63. The molecule has 1 aromatic carbocycles. The molecule has 0 N–H and O–H groups in total. The number of hydrogen-bond acceptors (Lipinski definition) is 3. The van der Waals surface area contributed by atoms with Gasteiger partial charge in [0.25, 0.3) is 0 Å². The molecule has 1 unspecified atom stereocenters. The van der Waals surface area contributed by atoms with Gasteiger partial charge in [-0.15, -0.1) is 0 Å². The van der Waals surface area contributed by atoms with Gasteiger partial charge in [-0.2, -0.15) is 0 Å². The van der Waals surface area contributed by atoms with Crippen LogP contribution < -0.4 is 9.64 Å². The van der Waals surface area contributed by atoms with Crippen LogP contribution in [0.15, 0.2) is 30.5 Å². The molecule has 2 heterocycles. The van der Waals surface area contributed by atoms with Crippen molar-refractivity contribution < 1.29 is 4.74 Å². The predicted octanol–water partition coefficient (Wildman–Crippen LogP) is 4.39. The Bertz CT molecular complexity index is 615. The van der Waals surface area contributed by atoms with E-state index >= 15 is 0 Å². The topological polar surface area (TPSA) is 25.4 Å². The van der Waals surface area contributed by atoms with E-state index in [1.54, 1.807) is 7.11 Å². The minimum absolute atomic E-state index is 0.596. The van der Waals surface area contributed by atoms with Crippen LogP contribution in [0, 0.1) is 0 Å². The number of methoxy groups -OCH3 is 1. The van der Waals surface area contributed by atoms with Gasteiger partial charge in [0, 0.05) is 29.5 Å². The monoisotopic (exact) mass is 348 g/mol. The summed E-state index contributed by atoms with van der Waals surface area (Å²) < 4.78 is 5.33. The van der Waals surface area contributed by atoms with Crippen molar-refractivity contribution in [3.8, 4) is 5.75 Å². The van der Waals surface area contributed by atoms with Crippen molar-refractivity contribution in [2.24, 2.45) is 0 Å². The van der Waals surface area contributed by atoms with Gasteiger partial charge in [0.1, 0.15) is 11.6 Å². The predicted molar refractivity (Wildman–Crippen MR) is 91.7 cm³/mol. The number of alkyl halides is 1. The molecule has 1 aromatic heterocycles. The number of aromatic nitrogens is 1. The Morgan fingerprint density at radius 2 is 2.24 bits per heavy atom. The summed E-state index contributed by atoms with van der Waals surface area (Å²) in [7, 11) is 1.71. The van der Waals surface area contributed by atoms with Crippen LogP contribution in [0.5, 0.6) is 5.75 Å². The smallest absolute Gasteiger partial charge is 0.136 e. The van der Waals surface area contributed by atoms with E-state index in [4.69, 9.17) is 4.74 Å². The zero-order chi connectivity index (χ0) is 14.7. The molecule has 1 saturated heterocycles. The Morgan fingerprint density at radius 3 is 3.05 bits per heavy atom. The number of halogens is 1. The molecular weight excluding hydrogens is 328 g/mol. The first-order valence-electron chi connectivity index (χ1n) is 7.59. The molecule has 0 saturated carbocycles. The summed E-state index contributed by atoms with van der Waals surface area (Å²) in [5.41, 5.74) is 0. The first-order valence-corrected chi connectivity index (χ1v) is 8.71. The van der Waals surface area contributed by atoms with E-state index in [9.17, 15) is 0 Å². The van der Waals surface area contributed by atoms with Crippen molar-refractivity contribution in [3.05, 3.63) is 30.5 Å². The quantitative estimate of drug-likeness (QED) is 0.766. The van der Waals surface area contributed by atoms with Gasteiger partial charge in [-0.1, -0.05) is 15.9 Å². The van der Waals surface area contributed by atoms with E-state index in [0.29, 0.717) is 6.04 Å². The number of pyridine rings is 1. The van der Waals surface area contributed by atoms with Gasteiger partial charge in [-0.05, 0) is 55.3 Å². The highest BCUT2D eigenvalue weighted by molar-refractivity contribution is 9.09. The minimum Gasteiger partial charge on any atom is -0.497 e. The number of fused-ring (bicyclic) bond motifs is 1. The second kappa shape index (κ2) is 6.65. The lowest BCUT2D eigenvalue weighted by Crippen LogP contribution is -2.40. The average Bonchev–Trinajstić information content (AvgIpc) is 2.54. The standard InChI is InChI=1S/C17H21BrN2O/c1-21-15-5-6-16-13(12-15)8-10-19-17(16)20-11-3-2-4-14(20)7-9-18/h5-6,8,10,12,14H,2-4,7,9,11H2,1H3. The fourth-order valence-electron chi connectivity index (χ4n) is 3.20. The summed E-state index contributed by atoms with van der Waals surface area (Å²) in [6, 6.07) is 8.90. The minimum atomic E-state index is 0.596. The van der Waals surface area contributed by atoms with Crippen LogP contribution in [0.25, 0.3) is 10.8 Å². The summed E-state index contributed by atoms with van der Waals surface area (Å²) in [6.45, 7) is 1.11. The highest BCUT2D eigenvalue weighted by Gasteiger charge is 2.24. The second-order valence-corrected chi connectivity index (χ2v) is 6.34. The largest absolute Gasteiger partial charge is 0.497 e. The van der Waals surface area contributed by atoms with E-state index < -0.39 is 0 Å². The summed E-state index contributed by atoms with van der Waals surface area (Å²) in [5.74, 6) is 2.02. The van der Waals surface area contributed by atoms with Crippen molar-refractivity contribution in [2.45, 2.75) is 31.7 Å². The summed E-state index contributed by atoms with van der Waals surface area (Å²) in [5, 5.41) is 3.47. The zero-order valence-electron chi connectivity index (χ0n) is 12.4. The van der Waals surface area contributed by atoms with Gasteiger partial charge in [-0.25, -0.2) is 4.98 Å². The molecule has 1 atom stereocenters. The molecular formula is C17H21BrN2O. The third-order valence-electron chi connectivity index (χ3n) is 4.29. The lowest BCUT2D eigenvalue weighted by molar-refractivity contribution is 0.415. The molecule has 1 aliphatic heterocycles. The number of nitrogens with zero attached hydrogens (tertiary/aromatic N) is 2. The lowest BCUT2D eigenvalue weighted by Gasteiger charge is -2.37. The molecule has 2 aromatic rings. The van der Waals surface area contributed by atoms with E-state index in [-0.39, 0.29) is 0 Å². The summed E-state index contributed by atoms with van der Waals surface area (Å²) in [4.78, 5) is 7.19. The summed E-state index contributed by atoms with van der Waals surface area (Å²) in [6.07, 6.45) is 6.94. The molecule has 1 aliphatic rings. The van der Waals surface area contributed by atoms with Gasteiger partial charge < -0.3 is 9.64 Å². The van der Waals surface area contributed by atoms with Gasteiger partial charge in [0.2, 0.25) is 0 Å². The van der Waals surface area contributed by atoms with Crippen LogP contribution >= 0.6 is 15.9 Å². The molecule has 1 fully saturated rings. The fourth-order valence-corrected chi connectivity index (χ4v) is 3.73. The number of piperidine rings is 1. The Hall–Kier alpha value is -1.29. The molecule has 0 aliphatic carbocycles. The number of benzene rings is 1. The third kappa shape index (κ3) is 3.00. The maximum absolute atomic E-state index is 5.33. The van der Waals surface area contributed by atoms with Gasteiger partial charge in [0.15, 0.2) is 0 Å². The van der Waals surface area contributed by atoms with Crippen LogP contribution in [0.2, 0.25) is 0 Å². The maximum Gasteiger partial charge on any atom is 0.136 e. The first kappa shape index (κ1) is 14.6. The Balaban J connectivity index is 2.02. The highest BCUT2D eigenvalue weighted by atomic mass is 79.9. The van der Waals surface area contributed by atoms with E-state index in [1.807, 2.05) is 12.3 Å². The van der Waals surface area contributed by atoms with Crippen LogP contribution in [-0.4, -0.2) is 30.0 Å². The fraction of sp³-hybridized carbons (Fsp3) is 0.471. The van der Waals surface area contributed by atoms with E-state index in [2.05, 4.69) is 44.0 Å². The second-order valence-electron chi connectivity index (χ2n) is 5.54. The van der Waals surface area contributed by atoms with E-state index in [0.717, 1.165) is 23.4 Å². The van der Waals surface area contributed by atoms with Crippen molar-refractivity contribution >= 4 is 32.5 Å². The van der Waals surface area contributed by atoms with Gasteiger partial charge in [-0.3, -0.25) is 0 Å². The Labute approximate surface area is 134 Å². The van der Waals surface area contributed by atoms with Crippen molar-refractivity contribution in [1.29, 1.82) is 0 Å². The molecule has 4 heteroatoms. The van der Waals surface area contributed by atoms with Crippen molar-refractivity contribution in [2.75, 3.05) is 23.9 Å². The molecule has 3 nitrogen and oxygen atoms in total.